The van der Waals surface area contributed by atoms with Gasteiger partial charge < -0.3 is 25.0 Å². The summed E-state index contributed by atoms with van der Waals surface area (Å²) in [6.07, 6.45) is 0.897. The van der Waals surface area contributed by atoms with Crippen LogP contribution in [0.25, 0.3) is 0 Å². The van der Waals surface area contributed by atoms with Gasteiger partial charge in [0.1, 0.15) is 22.8 Å². The number of nitrogens with one attached hydrogen (secondary N) is 1. The van der Waals surface area contributed by atoms with E-state index in [1.165, 1.54) is 22.1 Å². The third kappa shape index (κ3) is 6.41. The Kier molecular flexibility index (Phi) is 8.55. The van der Waals surface area contributed by atoms with Gasteiger partial charge in [-0.3, -0.25) is 14.6 Å². The number of aliphatic hydroxyl groups excluding tert-OH is 1. The third-order valence-electron chi connectivity index (χ3n) is 7.03. The van der Waals surface area contributed by atoms with Crippen molar-refractivity contribution in [3.05, 3.63) is 64.0 Å². The van der Waals surface area contributed by atoms with Gasteiger partial charge in [-0.15, -0.1) is 0 Å². The van der Waals surface area contributed by atoms with Crippen LogP contribution in [0.5, 0.6) is 0 Å². The number of hydrogen-bond donors (Lipinski definition) is 2. The lowest BCUT2D eigenvalue weighted by molar-refractivity contribution is 0.00701. The van der Waals surface area contributed by atoms with Crippen molar-refractivity contribution >= 4 is 64.0 Å². The van der Waals surface area contributed by atoms with Crippen LogP contribution in [0, 0.1) is 5.82 Å². The second-order valence-corrected chi connectivity index (χ2v) is 12.1. The fourth-order valence-electron chi connectivity index (χ4n) is 5.04. The number of ether oxygens (including phenoxy) is 1. The second-order valence-electron chi connectivity index (χ2n) is 11.3. The summed E-state index contributed by atoms with van der Waals surface area (Å²) in [5, 5.41) is 13.6. The van der Waals surface area contributed by atoms with Crippen molar-refractivity contribution in [1.82, 2.24) is 14.9 Å². The molecule has 1 aromatic heterocycles. The van der Waals surface area contributed by atoms with Gasteiger partial charge in [0.15, 0.2) is 0 Å². The first-order valence-electron chi connectivity index (χ1n) is 13.6. The molecular weight excluding hydrogens is 600 g/mol. The fourth-order valence-corrected chi connectivity index (χ4v) is 5.65. The molecule has 0 aliphatic carbocycles. The predicted octanol–water partition coefficient (Wildman–Crippen LogP) is 5.14. The second kappa shape index (κ2) is 12.0. The molecule has 2 aromatic carbocycles. The molecule has 2 aliphatic rings. The van der Waals surface area contributed by atoms with Gasteiger partial charge in [-0.1, -0.05) is 29.3 Å². The lowest BCUT2D eigenvalue weighted by Crippen LogP contribution is -2.57. The minimum Gasteiger partial charge on any atom is -0.444 e. The van der Waals surface area contributed by atoms with E-state index in [2.05, 4.69) is 15.3 Å². The molecule has 43 heavy (non-hydrogen) atoms. The molecule has 1 saturated heterocycles. The number of aliphatic hydroxyl groups is 1. The van der Waals surface area contributed by atoms with Crippen molar-refractivity contribution in [3.8, 4) is 0 Å². The Balaban J connectivity index is 1.29. The average molecular weight is 633 g/mol. The highest BCUT2D eigenvalue weighted by atomic mass is 35.5. The maximum Gasteiger partial charge on any atom is 0.410 e. The number of halogens is 3. The molecule has 1 unspecified atom stereocenters. The van der Waals surface area contributed by atoms with Crippen LogP contribution in [0.3, 0.4) is 0 Å². The maximum absolute atomic E-state index is 15.3. The van der Waals surface area contributed by atoms with Crippen LogP contribution < -0.4 is 20.0 Å². The van der Waals surface area contributed by atoms with E-state index in [0.717, 1.165) is 0 Å². The highest BCUT2D eigenvalue weighted by Gasteiger charge is 2.35. The van der Waals surface area contributed by atoms with Crippen molar-refractivity contribution in [1.29, 1.82) is 0 Å². The molecule has 2 aliphatic heterocycles. The zero-order valence-corrected chi connectivity index (χ0v) is 25.7. The molecule has 3 heterocycles. The van der Waals surface area contributed by atoms with Crippen molar-refractivity contribution in [2.75, 3.05) is 60.0 Å². The number of rotatable bonds is 5. The average Bonchev–Trinajstić information content (AvgIpc) is 2.94. The smallest absolute Gasteiger partial charge is 0.410 e. The molecule has 1 atom stereocenters. The van der Waals surface area contributed by atoms with Crippen molar-refractivity contribution in [2.45, 2.75) is 32.4 Å². The number of carbonyl (C=O) groups excluding carboxylic acids is 2. The van der Waals surface area contributed by atoms with Crippen LogP contribution in [0.4, 0.5) is 38.0 Å². The van der Waals surface area contributed by atoms with Gasteiger partial charge in [0.2, 0.25) is 5.95 Å². The van der Waals surface area contributed by atoms with Gasteiger partial charge in [0, 0.05) is 38.6 Å². The minimum atomic E-state index is -0.666. The van der Waals surface area contributed by atoms with Gasteiger partial charge in [-0.2, -0.15) is 4.98 Å². The molecule has 1 fully saturated rings. The number of fused-ring (bicyclic) bond motifs is 1. The molecule has 5 rings (SSSR count). The van der Waals surface area contributed by atoms with Crippen LogP contribution in [0.2, 0.25) is 10.0 Å². The van der Waals surface area contributed by atoms with Crippen LogP contribution in [0.1, 0.15) is 31.1 Å². The summed E-state index contributed by atoms with van der Waals surface area (Å²) in [6, 6.07) is 9.11. The van der Waals surface area contributed by atoms with Crippen LogP contribution in [-0.4, -0.2) is 83.6 Å². The van der Waals surface area contributed by atoms with E-state index in [1.807, 2.05) is 0 Å². The highest BCUT2D eigenvalue weighted by Crippen LogP contribution is 2.37. The zero-order valence-electron chi connectivity index (χ0n) is 24.1. The summed E-state index contributed by atoms with van der Waals surface area (Å²) in [7, 11) is 1.77. The van der Waals surface area contributed by atoms with E-state index in [-0.39, 0.29) is 43.8 Å². The maximum atomic E-state index is 15.3. The molecule has 0 saturated carbocycles. The number of hydrogen-bond acceptors (Lipinski definition) is 9. The van der Waals surface area contributed by atoms with Crippen LogP contribution in [-0.2, 0) is 4.74 Å². The van der Waals surface area contributed by atoms with Crippen molar-refractivity contribution in [3.63, 3.8) is 0 Å². The Morgan fingerprint density at radius 1 is 1.19 bits per heavy atom. The van der Waals surface area contributed by atoms with Gasteiger partial charge >= 0.3 is 6.09 Å². The van der Waals surface area contributed by atoms with Crippen LogP contribution in [0.15, 0.2) is 42.6 Å². The number of piperazine rings is 1. The normalized spacial score (nSPS) is 17.2. The summed E-state index contributed by atoms with van der Waals surface area (Å²) < 4.78 is 20.8. The summed E-state index contributed by atoms with van der Waals surface area (Å²) in [6.45, 7) is 6.08. The van der Waals surface area contributed by atoms with Gasteiger partial charge in [-0.25, -0.2) is 14.2 Å². The third-order valence-corrected chi connectivity index (χ3v) is 7.64. The molecule has 228 valence electrons. The monoisotopic (exact) mass is 631 g/mol. The number of nitrogens with zero attached hydrogens (tertiary/aromatic N) is 6. The zero-order chi connectivity index (χ0) is 31.1. The predicted molar refractivity (Wildman–Crippen MR) is 164 cm³/mol. The lowest BCUT2D eigenvalue weighted by atomic mass is 10.1. The Hall–Kier alpha value is -3.87. The van der Waals surface area contributed by atoms with E-state index in [1.54, 1.807) is 68.0 Å². The molecule has 11 nitrogen and oxygen atoms in total. The SMILES string of the molecule is CN1CN(c2c(Cl)cccc2Cl)C(=O)c2cnc(Nc3ccc(N4CCN(C(=O)OC(C)(C)C)C(CO)C4)c(F)c3)nc21. The van der Waals surface area contributed by atoms with E-state index in [4.69, 9.17) is 27.9 Å². The first-order valence-corrected chi connectivity index (χ1v) is 14.4. The number of anilines is 5. The number of para-hydroxylation sites is 1. The Bertz CT molecular complexity index is 1530. The summed E-state index contributed by atoms with van der Waals surface area (Å²) >= 11 is 12.7. The molecular formula is C29H32Cl2FN7O4. The van der Waals surface area contributed by atoms with Crippen molar-refractivity contribution in [2.24, 2.45) is 0 Å². The van der Waals surface area contributed by atoms with Crippen molar-refractivity contribution < 1.29 is 23.8 Å². The highest BCUT2D eigenvalue weighted by molar-refractivity contribution is 6.40. The lowest BCUT2D eigenvalue weighted by Gasteiger charge is -2.42. The first-order chi connectivity index (χ1) is 20.4. The van der Waals surface area contributed by atoms with E-state index >= 15 is 4.39 Å². The van der Waals surface area contributed by atoms with Crippen LogP contribution >= 0.6 is 23.2 Å². The van der Waals surface area contributed by atoms with Gasteiger partial charge in [0.05, 0.1) is 40.7 Å². The standard InChI is InChI=1S/C29H32Cl2FN7O4/c1-29(2,3)43-28(42)38-11-10-37(14-18(38)15-40)23-9-8-17(12-22(23)32)34-27-33-13-19-25(35-27)36(4)16-39(26(19)41)24-20(30)6-5-7-21(24)31/h5-9,12-13,18,40H,10-11,14-16H2,1-4H3,(H,33,34,35). The van der Waals surface area contributed by atoms with E-state index in [0.29, 0.717) is 39.5 Å². The molecule has 0 bridgehead atoms. The molecule has 2 amide bonds. The van der Waals surface area contributed by atoms with E-state index < -0.39 is 23.6 Å². The fraction of sp³-hybridized carbons (Fsp3) is 0.379. The molecule has 0 spiro atoms. The van der Waals surface area contributed by atoms with Gasteiger partial charge in [-0.05, 0) is 51.1 Å². The quantitative estimate of drug-likeness (QED) is 0.395. The summed E-state index contributed by atoms with van der Waals surface area (Å²) in [5.74, 6) is -0.263. The Morgan fingerprint density at radius 2 is 1.91 bits per heavy atom. The topological polar surface area (TPSA) is 114 Å². The molecule has 14 heteroatoms. The number of amides is 2. The molecule has 2 N–H and O–H groups in total. The first kappa shape index (κ1) is 30.6. The summed E-state index contributed by atoms with van der Waals surface area (Å²) in [5.41, 5.74) is 0.744. The number of benzene rings is 2. The van der Waals surface area contributed by atoms with E-state index in [9.17, 15) is 14.7 Å². The van der Waals surface area contributed by atoms with Gasteiger partial charge in [0.25, 0.3) is 5.91 Å². The molecule has 3 aromatic rings. The largest absolute Gasteiger partial charge is 0.444 e. The Labute approximate surface area is 258 Å². The number of aromatic nitrogens is 2. The minimum absolute atomic E-state index is 0.158. The Morgan fingerprint density at radius 3 is 2.56 bits per heavy atom. The molecule has 0 radical (unpaired) electrons. The number of carbonyl (C=O) groups is 2. The summed E-state index contributed by atoms with van der Waals surface area (Å²) in [4.78, 5) is 41.2.